The first kappa shape index (κ1) is 13.4. The zero-order valence-electron chi connectivity index (χ0n) is 10.3. The van der Waals surface area contributed by atoms with Crippen molar-refractivity contribution in [1.29, 1.82) is 0 Å². The quantitative estimate of drug-likeness (QED) is 0.767. The molecule has 94 valence electrons. The van der Waals surface area contributed by atoms with Crippen LogP contribution in [0.5, 0.6) is 0 Å². The van der Waals surface area contributed by atoms with Gasteiger partial charge in [-0.3, -0.25) is 4.98 Å². The minimum absolute atomic E-state index is 0.0465. The van der Waals surface area contributed by atoms with Gasteiger partial charge in [-0.2, -0.15) is 0 Å². The molecule has 6 nitrogen and oxygen atoms in total. The fraction of sp³-hybridized carbons (Fsp3) is 0.545. The van der Waals surface area contributed by atoms with Crippen LogP contribution in [0.2, 0.25) is 0 Å². The predicted molar refractivity (Wildman–Crippen MR) is 65.2 cm³/mol. The van der Waals surface area contributed by atoms with Crippen LogP contribution in [0.4, 0.5) is 5.82 Å². The van der Waals surface area contributed by atoms with E-state index >= 15 is 0 Å². The topological polar surface area (TPSA) is 78.4 Å². The maximum atomic E-state index is 10.7. The highest BCUT2D eigenvalue weighted by Crippen LogP contribution is 2.06. The molecule has 0 bridgehead atoms. The molecule has 1 atom stereocenters. The zero-order chi connectivity index (χ0) is 12.8. The summed E-state index contributed by atoms with van der Waals surface area (Å²) < 4.78 is 0. The maximum Gasteiger partial charge on any atom is 0.356 e. The number of aromatic nitrogens is 2. The summed E-state index contributed by atoms with van der Waals surface area (Å²) in [6.07, 6.45) is 3.71. The summed E-state index contributed by atoms with van der Waals surface area (Å²) in [6, 6.07) is 0.218. The van der Waals surface area contributed by atoms with Crippen LogP contribution in [-0.4, -0.2) is 52.6 Å². The van der Waals surface area contributed by atoms with Crippen LogP contribution in [0, 0.1) is 0 Å². The molecular weight excluding hydrogens is 220 g/mol. The third kappa shape index (κ3) is 4.78. The van der Waals surface area contributed by atoms with Gasteiger partial charge in [0.05, 0.1) is 12.4 Å². The van der Waals surface area contributed by atoms with Crippen molar-refractivity contribution >= 4 is 11.8 Å². The van der Waals surface area contributed by atoms with E-state index in [2.05, 4.69) is 20.2 Å². The monoisotopic (exact) mass is 238 g/mol. The van der Waals surface area contributed by atoms with Gasteiger partial charge in [0.25, 0.3) is 0 Å². The molecule has 6 heteroatoms. The van der Waals surface area contributed by atoms with Crippen molar-refractivity contribution in [3.8, 4) is 0 Å². The molecular formula is C11H18N4O2. The van der Waals surface area contributed by atoms with E-state index in [0.29, 0.717) is 5.82 Å². The van der Waals surface area contributed by atoms with Crippen molar-refractivity contribution < 1.29 is 9.90 Å². The number of aromatic carboxylic acids is 1. The smallest absolute Gasteiger partial charge is 0.356 e. The Hall–Kier alpha value is -1.69. The molecule has 0 amide bonds. The van der Waals surface area contributed by atoms with Crippen molar-refractivity contribution in [3.05, 3.63) is 18.1 Å². The van der Waals surface area contributed by atoms with Crippen molar-refractivity contribution in [2.24, 2.45) is 0 Å². The Kier molecular flexibility index (Phi) is 4.84. The lowest BCUT2D eigenvalue weighted by Gasteiger charge is -2.17. The third-order valence-electron chi connectivity index (χ3n) is 2.26. The zero-order valence-corrected chi connectivity index (χ0v) is 10.3. The first-order chi connectivity index (χ1) is 7.99. The van der Waals surface area contributed by atoms with Gasteiger partial charge in [0, 0.05) is 6.04 Å². The van der Waals surface area contributed by atoms with Gasteiger partial charge in [0.15, 0.2) is 5.69 Å². The summed E-state index contributed by atoms with van der Waals surface area (Å²) in [5.74, 6) is -0.571. The van der Waals surface area contributed by atoms with Crippen LogP contribution in [0.25, 0.3) is 0 Å². The number of nitrogens with zero attached hydrogens (tertiary/aromatic N) is 3. The van der Waals surface area contributed by atoms with Crippen molar-refractivity contribution in [3.63, 3.8) is 0 Å². The highest BCUT2D eigenvalue weighted by atomic mass is 16.4. The normalized spacial score (nSPS) is 12.5. The Morgan fingerprint density at radius 2 is 2.24 bits per heavy atom. The van der Waals surface area contributed by atoms with E-state index < -0.39 is 5.97 Å². The van der Waals surface area contributed by atoms with Gasteiger partial charge in [-0.1, -0.05) is 0 Å². The minimum Gasteiger partial charge on any atom is -0.476 e. The number of anilines is 1. The summed E-state index contributed by atoms with van der Waals surface area (Å²) in [5, 5.41) is 11.9. The maximum absolute atomic E-state index is 10.7. The van der Waals surface area contributed by atoms with E-state index in [1.807, 2.05) is 21.0 Å². The molecule has 0 aliphatic carbocycles. The minimum atomic E-state index is -1.07. The van der Waals surface area contributed by atoms with Gasteiger partial charge in [0.2, 0.25) is 0 Å². The molecule has 0 aliphatic rings. The molecule has 0 spiro atoms. The van der Waals surface area contributed by atoms with E-state index in [-0.39, 0.29) is 11.7 Å². The molecule has 0 aliphatic heterocycles. The van der Waals surface area contributed by atoms with Crippen LogP contribution in [0.3, 0.4) is 0 Å². The average molecular weight is 238 g/mol. The third-order valence-corrected chi connectivity index (χ3v) is 2.26. The van der Waals surface area contributed by atoms with Crippen molar-refractivity contribution in [2.75, 3.05) is 26.0 Å². The molecule has 1 rings (SSSR count). The summed E-state index contributed by atoms with van der Waals surface area (Å²) in [7, 11) is 4.02. The lowest BCUT2D eigenvalue weighted by molar-refractivity contribution is 0.0690. The molecule has 0 saturated carbocycles. The van der Waals surface area contributed by atoms with Gasteiger partial charge < -0.3 is 15.3 Å². The first-order valence-electron chi connectivity index (χ1n) is 5.45. The van der Waals surface area contributed by atoms with E-state index in [9.17, 15) is 4.79 Å². The Balaban J connectivity index is 2.56. The molecule has 0 fully saturated rings. The number of carboxylic acids is 1. The number of nitrogens with one attached hydrogen (secondary N) is 1. The fourth-order valence-corrected chi connectivity index (χ4v) is 1.32. The lowest BCUT2D eigenvalue weighted by atomic mass is 10.2. The average Bonchev–Trinajstić information content (AvgIpc) is 2.26. The number of hydrogen-bond acceptors (Lipinski definition) is 5. The highest BCUT2D eigenvalue weighted by Gasteiger charge is 2.08. The van der Waals surface area contributed by atoms with Crippen LogP contribution in [-0.2, 0) is 0 Å². The summed E-state index contributed by atoms with van der Waals surface area (Å²) >= 11 is 0. The van der Waals surface area contributed by atoms with Crippen molar-refractivity contribution in [1.82, 2.24) is 14.9 Å². The Morgan fingerprint density at radius 1 is 1.53 bits per heavy atom. The van der Waals surface area contributed by atoms with Crippen LogP contribution < -0.4 is 5.32 Å². The fourth-order valence-electron chi connectivity index (χ4n) is 1.32. The number of hydrogen-bond donors (Lipinski definition) is 2. The standard InChI is InChI=1S/C11H18N4O2/c1-8(4-5-15(2)3)13-10-7-12-6-9(14-10)11(16)17/h6-8H,4-5H2,1-3H3,(H,13,14)(H,16,17). The van der Waals surface area contributed by atoms with Crippen LogP contribution >= 0.6 is 0 Å². The van der Waals surface area contributed by atoms with E-state index in [1.165, 1.54) is 12.4 Å². The second-order valence-corrected chi connectivity index (χ2v) is 4.23. The largest absolute Gasteiger partial charge is 0.476 e. The first-order valence-corrected chi connectivity index (χ1v) is 5.45. The molecule has 1 aromatic heterocycles. The molecule has 0 radical (unpaired) electrons. The molecule has 1 unspecified atom stereocenters. The summed E-state index contributed by atoms with van der Waals surface area (Å²) in [5.41, 5.74) is -0.0465. The second-order valence-electron chi connectivity index (χ2n) is 4.23. The summed E-state index contributed by atoms with van der Waals surface area (Å²) in [4.78, 5) is 20.6. The van der Waals surface area contributed by atoms with Gasteiger partial charge >= 0.3 is 5.97 Å². The van der Waals surface area contributed by atoms with Gasteiger partial charge in [-0.05, 0) is 34.0 Å². The van der Waals surface area contributed by atoms with E-state index in [0.717, 1.165) is 13.0 Å². The molecule has 0 aromatic carbocycles. The molecule has 1 aromatic rings. The highest BCUT2D eigenvalue weighted by molar-refractivity contribution is 5.85. The Labute approximate surface area is 101 Å². The number of rotatable bonds is 6. The molecule has 2 N–H and O–H groups in total. The predicted octanol–water partition coefficient (Wildman–Crippen LogP) is 0.927. The molecule has 17 heavy (non-hydrogen) atoms. The Morgan fingerprint density at radius 3 is 2.82 bits per heavy atom. The molecule has 1 heterocycles. The number of carboxylic acid groups (broad SMARTS) is 1. The SMILES string of the molecule is CC(CCN(C)C)Nc1cncc(C(=O)O)n1. The van der Waals surface area contributed by atoms with Crippen LogP contribution in [0.15, 0.2) is 12.4 Å². The van der Waals surface area contributed by atoms with Crippen LogP contribution in [0.1, 0.15) is 23.8 Å². The second kappa shape index (κ2) is 6.15. The van der Waals surface area contributed by atoms with E-state index in [4.69, 9.17) is 5.11 Å². The lowest BCUT2D eigenvalue weighted by Crippen LogP contribution is -2.23. The Bertz CT molecular complexity index is 381. The van der Waals surface area contributed by atoms with Gasteiger partial charge in [-0.25, -0.2) is 9.78 Å². The number of carbonyl (C=O) groups is 1. The van der Waals surface area contributed by atoms with Gasteiger partial charge in [0.1, 0.15) is 5.82 Å². The van der Waals surface area contributed by atoms with E-state index in [1.54, 1.807) is 0 Å². The van der Waals surface area contributed by atoms with Gasteiger partial charge in [-0.15, -0.1) is 0 Å². The van der Waals surface area contributed by atoms with Crippen molar-refractivity contribution in [2.45, 2.75) is 19.4 Å². The summed E-state index contributed by atoms with van der Waals surface area (Å²) in [6.45, 7) is 2.98. The molecule has 0 saturated heterocycles.